The standard InChI is InChI=1S/C43H65N3O11/c1-11-33-43(8,51)38-26(4)34-24(2)21-42(7,53-23-30(22-52-38)45-57-32(39(49)44-34)19-15-18-29-16-13-12-14-17-29)37(27(5)35(47)28(6)40(50)55-33)56-41-36(48)31(46(9)10)20-25(3)54-41/h12-14,16-17,24-28,31-33,36-38,41,48,51H,11,15,18-23H2,1-10H3/b44-34?,45-30+/t24-,25-,26-,27+,28-,31+,32?,33-,36-,37-,38+,41+,42-,43-/m1/s1. The summed E-state index contributed by atoms with van der Waals surface area (Å²) in [6.45, 7) is 13.6. The average Bonchev–Trinajstić information content (AvgIpc) is 3.20. The van der Waals surface area contributed by atoms with E-state index >= 15 is 0 Å². The molecular weight excluding hydrogens is 734 g/mol. The fraction of sp³-hybridized carbons (Fsp3) is 0.744. The van der Waals surface area contributed by atoms with E-state index in [0.717, 1.165) is 12.0 Å². The van der Waals surface area contributed by atoms with Crippen LogP contribution < -0.4 is 0 Å². The number of ketones is 1. The Balaban J connectivity index is 1.65. The predicted octanol–water partition coefficient (Wildman–Crippen LogP) is 4.31. The lowest BCUT2D eigenvalue weighted by Crippen LogP contribution is -2.60. The molecule has 0 aromatic heterocycles. The number of aliphatic hydroxyl groups excluding tert-OH is 1. The molecule has 3 fully saturated rings. The van der Waals surface area contributed by atoms with Crippen molar-refractivity contribution in [1.29, 1.82) is 0 Å². The number of carbonyl (C=O) groups excluding carboxylic acids is 3. The molecule has 14 heteroatoms. The zero-order chi connectivity index (χ0) is 41.8. The van der Waals surface area contributed by atoms with Crippen LogP contribution in [0, 0.1) is 23.7 Å². The van der Waals surface area contributed by atoms with Crippen molar-refractivity contribution in [3.8, 4) is 0 Å². The number of hydrogen-bond donors (Lipinski definition) is 2. The summed E-state index contributed by atoms with van der Waals surface area (Å²) in [7, 11) is 3.75. The van der Waals surface area contributed by atoms with E-state index in [1.807, 2.05) is 77.0 Å². The Labute approximate surface area is 337 Å². The Morgan fingerprint density at radius 1 is 1.00 bits per heavy atom. The highest BCUT2D eigenvalue weighted by Gasteiger charge is 2.53. The molecule has 4 bridgehead atoms. The summed E-state index contributed by atoms with van der Waals surface area (Å²) in [5.41, 5.74) is -1.31. The van der Waals surface area contributed by atoms with Crippen LogP contribution in [0.2, 0.25) is 0 Å². The van der Waals surface area contributed by atoms with Crippen LogP contribution in [0.25, 0.3) is 0 Å². The second-order valence-electron chi connectivity index (χ2n) is 17.3. The van der Waals surface area contributed by atoms with Gasteiger partial charge in [0.15, 0.2) is 12.1 Å². The number of esters is 1. The highest BCUT2D eigenvalue weighted by atomic mass is 16.7. The summed E-state index contributed by atoms with van der Waals surface area (Å²) >= 11 is 0. The number of oxime groups is 1. The SMILES string of the molecule is CC[C@H]1OC(=O)[C@H](C)C(=O)[C@H](C)[C@@H](O[C@@H]2O[C@H](C)C[C@H](N(C)C)[C@H]2O)[C@@]2(C)C[C@@H](C)C3=NC(=O)C(CCCc4ccccc4)O/N=C(\CO[C@@H]([C@@H]3C)[C@]1(C)O)CO2. The minimum Gasteiger partial charge on any atom is -0.459 e. The number of aryl methyl sites for hydroxylation is 1. The van der Waals surface area contributed by atoms with Gasteiger partial charge in [-0.05, 0) is 91.8 Å². The first-order chi connectivity index (χ1) is 26.9. The summed E-state index contributed by atoms with van der Waals surface area (Å²) in [6.07, 6.45) is -4.10. The Hall–Kier alpha value is -3.11. The molecule has 0 aliphatic carbocycles. The maximum Gasteiger partial charge on any atom is 0.316 e. The first kappa shape index (κ1) is 45.0. The second kappa shape index (κ2) is 18.9. The molecule has 14 atom stereocenters. The molecule has 1 unspecified atom stereocenters. The Bertz CT molecular complexity index is 1620. The molecule has 3 saturated heterocycles. The quantitative estimate of drug-likeness (QED) is 0.282. The van der Waals surface area contributed by atoms with Gasteiger partial charge in [0, 0.05) is 23.6 Å². The number of likely N-dealkylation sites (N-methyl/N-ethyl adjacent to an activating group) is 1. The van der Waals surface area contributed by atoms with Gasteiger partial charge in [0.25, 0.3) is 5.91 Å². The van der Waals surface area contributed by atoms with Crippen molar-refractivity contribution in [3.63, 3.8) is 0 Å². The summed E-state index contributed by atoms with van der Waals surface area (Å²) in [5.74, 6) is -5.24. The Kier molecular flexibility index (Phi) is 14.9. The van der Waals surface area contributed by atoms with Crippen molar-refractivity contribution in [2.24, 2.45) is 33.8 Å². The van der Waals surface area contributed by atoms with Gasteiger partial charge < -0.3 is 43.6 Å². The number of aliphatic hydroxyl groups is 2. The molecule has 57 heavy (non-hydrogen) atoms. The van der Waals surface area contributed by atoms with Crippen LogP contribution >= 0.6 is 0 Å². The number of Topliss-reactive ketones (excluding diaryl/α,β-unsaturated/α-hetero) is 1. The van der Waals surface area contributed by atoms with Crippen LogP contribution in [0.4, 0.5) is 0 Å². The van der Waals surface area contributed by atoms with E-state index in [-0.39, 0.29) is 43.9 Å². The number of amides is 1. The van der Waals surface area contributed by atoms with E-state index in [9.17, 15) is 24.6 Å². The summed E-state index contributed by atoms with van der Waals surface area (Å²) in [6, 6.07) is 9.68. The Morgan fingerprint density at radius 3 is 2.37 bits per heavy atom. The smallest absolute Gasteiger partial charge is 0.316 e. The van der Waals surface area contributed by atoms with E-state index in [1.165, 1.54) is 6.92 Å². The zero-order valence-electron chi connectivity index (χ0n) is 35.4. The van der Waals surface area contributed by atoms with Crippen LogP contribution in [-0.4, -0.2) is 132 Å². The molecule has 4 aliphatic rings. The van der Waals surface area contributed by atoms with Gasteiger partial charge in [-0.2, -0.15) is 0 Å². The van der Waals surface area contributed by atoms with Gasteiger partial charge in [-0.3, -0.25) is 14.4 Å². The molecule has 0 radical (unpaired) electrons. The molecule has 5 rings (SSSR count). The number of carbonyl (C=O) groups is 3. The van der Waals surface area contributed by atoms with Crippen LogP contribution in [0.5, 0.6) is 0 Å². The van der Waals surface area contributed by atoms with E-state index in [4.69, 9.17) is 33.5 Å². The minimum atomic E-state index is -1.81. The molecular formula is C43H65N3O11. The third kappa shape index (κ3) is 10.2. The molecule has 4 heterocycles. The van der Waals surface area contributed by atoms with Gasteiger partial charge in [-0.1, -0.05) is 63.2 Å². The molecule has 1 aromatic rings. The first-order valence-electron chi connectivity index (χ1n) is 20.6. The highest BCUT2D eigenvalue weighted by Crippen LogP contribution is 2.40. The second-order valence-corrected chi connectivity index (χ2v) is 17.3. The number of hydrogen-bond acceptors (Lipinski definition) is 13. The van der Waals surface area contributed by atoms with Crippen molar-refractivity contribution in [1.82, 2.24) is 4.90 Å². The van der Waals surface area contributed by atoms with Crippen LogP contribution in [0.3, 0.4) is 0 Å². The number of benzene rings is 1. The summed E-state index contributed by atoms with van der Waals surface area (Å²) in [4.78, 5) is 55.2. The minimum absolute atomic E-state index is 0.155. The van der Waals surface area contributed by atoms with Gasteiger partial charge in [-0.15, -0.1) is 0 Å². The largest absolute Gasteiger partial charge is 0.459 e. The molecule has 1 aromatic carbocycles. The third-order valence-corrected chi connectivity index (χ3v) is 12.4. The van der Waals surface area contributed by atoms with Crippen LogP contribution in [0.15, 0.2) is 40.5 Å². The fourth-order valence-electron chi connectivity index (χ4n) is 9.12. The summed E-state index contributed by atoms with van der Waals surface area (Å²) in [5, 5.41) is 28.5. The van der Waals surface area contributed by atoms with E-state index < -0.39 is 89.3 Å². The third-order valence-electron chi connectivity index (χ3n) is 12.4. The van der Waals surface area contributed by atoms with E-state index in [0.29, 0.717) is 25.0 Å². The van der Waals surface area contributed by atoms with Crippen molar-refractivity contribution >= 4 is 29.1 Å². The maximum atomic E-state index is 14.4. The molecule has 0 saturated carbocycles. The number of aliphatic imine (C=N–C) groups is 1. The van der Waals surface area contributed by atoms with Crippen molar-refractivity contribution in [2.45, 2.75) is 154 Å². The Morgan fingerprint density at radius 2 is 1.70 bits per heavy atom. The molecule has 1 amide bonds. The van der Waals surface area contributed by atoms with E-state index in [1.54, 1.807) is 20.8 Å². The lowest BCUT2D eigenvalue weighted by molar-refractivity contribution is -0.296. The van der Waals surface area contributed by atoms with E-state index in [2.05, 4.69) is 5.16 Å². The summed E-state index contributed by atoms with van der Waals surface area (Å²) < 4.78 is 32.4. The molecule has 14 nitrogen and oxygen atoms in total. The first-order valence-corrected chi connectivity index (χ1v) is 20.6. The topological polar surface area (TPSA) is 175 Å². The fourth-order valence-corrected chi connectivity index (χ4v) is 9.12. The van der Waals surface area contributed by atoms with Gasteiger partial charge >= 0.3 is 5.97 Å². The van der Waals surface area contributed by atoms with Gasteiger partial charge in [-0.25, -0.2) is 4.99 Å². The average molecular weight is 800 g/mol. The van der Waals surface area contributed by atoms with Crippen molar-refractivity contribution in [3.05, 3.63) is 35.9 Å². The van der Waals surface area contributed by atoms with Crippen LogP contribution in [-0.2, 0) is 49.3 Å². The number of fused-ring (bicyclic) bond motifs is 4. The highest BCUT2D eigenvalue weighted by molar-refractivity contribution is 6.01. The monoisotopic (exact) mass is 799 g/mol. The predicted molar refractivity (Wildman–Crippen MR) is 213 cm³/mol. The lowest BCUT2D eigenvalue weighted by atomic mass is 9.73. The zero-order valence-corrected chi connectivity index (χ0v) is 35.4. The molecule has 2 N–H and O–H groups in total. The van der Waals surface area contributed by atoms with Gasteiger partial charge in [0.05, 0.1) is 37.1 Å². The number of cyclic esters (lactones) is 1. The maximum absolute atomic E-state index is 14.4. The number of rotatable bonds is 8. The number of nitrogens with zero attached hydrogens (tertiary/aromatic N) is 3. The molecule has 0 spiro atoms. The molecule has 318 valence electrons. The van der Waals surface area contributed by atoms with Crippen LogP contribution in [0.1, 0.15) is 93.1 Å². The molecule has 4 aliphatic heterocycles. The lowest BCUT2D eigenvalue weighted by Gasteiger charge is -2.47. The van der Waals surface area contributed by atoms with Gasteiger partial charge in [0.2, 0.25) is 6.10 Å². The van der Waals surface area contributed by atoms with Crippen molar-refractivity contribution < 1.29 is 53.1 Å². The normalized spacial score (nSPS) is 40.9. The number of ether oxygens (including phenoxy) is 5. The van der Waals surface area contributed by atoms with Gasteiger partial charge in [0.1, 0.15) is 29.4 Å². The van der Waals surface area contributed by atoms with Crippen molar-refractivity contribution in [2.75, 3.05) is 27.3 Å².